The van der Waals surface area contributed by atoms with Crippen LogP contribution in [0, 0.1) is 0 Å². The summed E-state index contributed by atoms with van der Waals surface area (Å²) >= 11 is 0. The summed E-state index contributed by atoms with van der Waals surface area (Å²) in [6, 6.07) is 9.67. The fourth-order valence-corrected chi connectivity index (χ4v) is 2.16. The number of carbonyl (C=O) groups excluding carboxylic acids is 1. The van der Waals surface area contributed by atoms with Crippen LogP contribution in [-0.4, -0.2) is 30.1 Å². The van der Waals surface area contributed by atoms with Gasteiger partial charge in [-0.15, -0.1) is 0 Å². The van der Waals surface area contributed by atoms with Crippen molar-refractivity contribution in [1.29, 1.82) is 0 Å². The molecule has 0 atom stereocenters. The Labute approximate surface area is 138 Å². The Bertz CT molecular complexity index is 448. The zero-order valence-electron chi connectivity index (χ0n) is 13.6. The maximum absolute atomic E-state index is 11.6. The molecule has 0 aliphatic carbocycles. The van der Waals surface area contributed by atoms with Crippen LogP contribution in [0.15, 0.2) is 30.3 Å². The number of nitrogens with one attached hydrogen (secondary N) is 1. The average Bonchev–Trinajstić information content (AvgIpc) is 2.55. The summed E-state index contributed by atoms with van der Waals surface area (Å²) in [6.45, 7) is 2.12. The van der Waals surface area contributed by atoms with E-state index in [1.165, 1.54) is 0 Å². The van der Waals surface area contributed by atoms with Gasteiger partial charge in [0.15, 0.2) is 0 Å². The van der Waals surface area contributed by atoms with Gasteiger partial charge in [-0.2, -0.15) is 0 Å². The zero-order chi connectivity index (χ0) is 16.8. The van der Waals surface area contributed by atoms with Gasteiger partial charge in [-0.3, -0.25) is 9.59 Å². The number of esters is 1. The highest BCUT2D eigenvalue weighted by atomic mass is 16.5. The minimum Gasteiger partial charge on any atom is -0.481 e. The number of unbranched alkanes of at least 4 members (excludes halogenated alkanes) is 3. The monoisotopic (exact) mass is 321 g/mol. The van der Waals surface area contributed by atoms with Gasteiger partial charge >= 0.3 is 11.9 Å². The Morgan fingerprint density at radius 2 is 1.57 bits per heavy atom. The largest absolute Gasteiger partial charge is 0.481 e. The highest BCUT2D eigenvalue weighted by Crippen LogP contribution is 2.04. The minimum atomic E-state index is -0.725. The smallest absolute Gasteiger partial charge is 0.306 e. The molecule has 0 aliphatic rings. The predicted molar refractivity (Wildman–Crippen MR) is 89.1 cm³/mol. The Morgan fingerprint density at radius 1 is 0.913 bits per heavy atom. The van der Waals surface area contributed by atoms with Crippen LogP contribution in [0.1, 0.15) is 50.5 Å². The molecule has 0 saturated heterocycles. The standard InChI is InChI=1S/C18H27NO4/c20-17(21)11-5-2-7-13-19-14-8-6-12-18(22)23-15-16-9-3-1-4-10-16/h1,3-4,9-10,19H,2,5-8,11-15H2,(H,20,21). The number of benzene rings is 1. The fourth-order valence-electron chi connectivity index (χ4n) is 2.16. The quantitative estimate of drug-likeness (QED) is 0.431. The molecule has 23 heavy (non-hydrogen) atoms. The summed E-state index contributed by atoms with van der Waals surface area (Å²) in [5.74, 6) is -0.875. The molecule has 2 N–H and O–H groups in total. The third-order valence-electron chi connectivity index (χ3n) is 3.47. The molecule has 5 heteroatoms. The molecule has 1 aromatic rings. The Hall–Kier alpha value is -1.88. The summed E-state index contributed by atoms with van der Waals surface area (Å²) in [6.07, 6.45) is 5.13. The van der Waals surface area contributed by atoms with Crippen LogP contribution >= 0.6 is 0 Å². The summed E-state index contributed by atoms with van der Waals surface area (Å²) < 4.78 is 5.21. The van der Waals surface area contributed by atoms with Crippen LogP contribution in [0.25, 0.3) is 0 Å². The number of carbonyl (C=O) groups is 2. The number of hydrogen-bond acceptors (Lipinski definition) is 4. The summed E-state index contributed by atoms with van der Waals surface area (Å²) in [5, 5.41) is 11.8. The van der Waals surface area contributed by atoms with Gasteiger partial charge in [0.05, 0.1) is 0 Å². The number of carboxylic acid groups (broad SMARTS) is 1. The van der Waals surface area contributed by atoms with Gasteiger partial charge in [-0.1, -0.05) is 36.8 Å². The second-order valence-corrected chi connectivity index (χ2v) is 5.56. The highest BCUT2D eigenvalue weighted by molar-refractivity contribution is 5.69. The first-order valence-corrected chi connectivity index (χ1v) is 8.30. The fraction of sp³-hybridized carbons (Fsp3) is 0.556. The molecule has 0 radical (unpaired) electrons. The van der Waals surface area contributed by atoms with E-state index in [2.05, 4.69) is 5.32 Å². The van der Waals surface area contributed by atoms with Gasteiger partial charge in [0.1, 0.15) is 6.61 Å². The molecule has 0 heterocycles. The highest BCUT2D eigenvalue weighted by Gasteiger charge is 2.03. The van der Waals surface area contributed by atoms with Crippen molar-refractivity contribution in [2.45, 2.75) is 51.6 Å². The molecule has 1 rings (SSSR count). The van der Waals surface area contributed by atoms with Crippen LogP contribution < -0.4 is 5.32 Å². The third-order valence-corrected chi connectivity index (χ3v) is 3.47. The molecule has 0 aliphatic heterocycles. The number of hydrogen-bond donors (Lipinski definition) is 2. The number of aliphatic carboxylic acids is 1. The maximum atomic E-state index is 11.6. The molecular formula is C18H27NO4. The van der Waals surface area contributed by atoms with E-state index in [1.54, 1.807) is 0 Å². The molecule has 5 nitrogen and oxygen atoms in total. The van der Waals surface area contributed by atoms with Crippen molar-refractivity contribution in [2.24, 2.45) is 0 Å². The van der Waals surface area contributed by atoms with Crippen LogP contribution in [0.4, 0.5) is 0 Å². The van der Waals surface area contributed by atoms with Crippen molar-refractivity contribution in [3.8, 4) is 0 Å². The van der Waals surface area contributed by atoms with E-state index in [1.807, 2.05) is 30.3 Å². The van der Waals surface area contributed by atoms with E-state index in [4.69, 9.17) is 9.84 Å². The molecule has 0 unspecified atom stereocenters. The average molecular weight is 321 g/mol. The van der Waals surface area contributed by atoms with Crippen molar-refractivity contribution in [3.63, 3.8) is 0 Å². The van der Waals surface area contributed by atoms with Crippen molar-refractivity contribution in [2.75, 3.05) is 13.1 Å². The van der Waals surface area contributed by atoms with Crippen molar-refractivity contribution < 1.29 is 19.4 Å². The number of rotatable bonds is 13. The van der Waals surface area contributed by atoms with Crippen LogP contribution in [-0.2, 0) is 20.9 Å². The lowest BCUT2D eigenvalue weighted by molar-refractivity contribution is -0.145. The van der Waals surface area contributed by atoms with E-state index >= 15 is 0 Å². The first-order valence-electron chi connectivity index (χ1n) is 8.30. The van der Waals surface area contributed by atoms with E-state index in [9.17, 15) is 9.59 Å². The third kappa shape index (κ3) is 11.4. The molecule has 0 spiro atoms. The summed E-state index contributed by atoms with van der Waals surface area (Å²) in [4.78, 5) is 21.9. The molecule has 1 aromatic carbocycles. The molecule has 0 fully saturated rings. The second-order valence-electron chi connectivity index (χ2n) is 5.56. The zero-order valence-corrected chi connectivity index (χ0v) is 13.6. The van der Waals surface area contributed by atoms with Crippen LogP contribution in [0.2, 0.25) is 0 Å². The predicted octanol–water partition coefficient (Wildman–Crippen LogP) is 3.13. The number of carboxylic acids is 1. The van der Waals surface area contributed by atoms with Crippen LogP contribution in [0.5, 0.6) is 0 Å². The maximum Gasteiger partial charge on any atom is 0.306 e. The van der Waals surface area contributed by atoms with Crippen molar-refractivity contribution in [1.82, 2.24) is 5.32 Å². The first kappa shape index (κ1) is 19.2. The van der Waals surface area contributed by atoms with Crippen molar-refractivity contribution in [3.05, 3.63) is 35.9 Å². The van der Waals surface area contributed by atoms with Gasteiger partial charge in [0, 0.05) is 12.8 Å². The lowest BCUT2D eigenvalue weighted by Crippen LogP contribution is -2.17. The molecule has 0 saturated carbocycles. The molecule has 0 bridgehead atoms. The SMILES string of the molecule is O=C(O)CCCCCNCCCCC(=O)OCc1ccccc1. The minimum absolute atomic E-state index is 0.150. The first-order chi connectivity index (χ1) is 11.2. The second kappa shape index (κ2) is 12.6. The summed E-state index contributed by atoms with van der Waals surface area (Å²) in [7, 11) is 0. The molecular weight excluding hydrogens is 294 g/mol. The normalized spacial score (nSPS) is 10.4. The summed E-state index contributed by atoms with van der Waals surface area (Å²) in [5.41, 5.74) is 1.01. The lowest BCUT2D eigenvalue weighted by atomic mass is 10.2. The Kier molecular flexibility index (Phi) is 10.5. The number of ether oxygens (including phenoxy) is 1. The van der Waals surface area contributed by atoms with E-state index in [-0.39, 0.29) is 12.4 Å². The molecule has 0 aromatic heterocycles. The van der Waals surface area contributed by atoms with E-state index in [0.717, 1.165) is 50.8 Å². The van der Waals surface area contributed by atoms with Gasteiger partial charge in [0.25, 0.3) is 0 Å². The molecule has 0 amide bonds. The van der Waals surface area contributed by atoms with Crippen LogP contribution in [0.3, 0.4) is 0 Å². The Morgan fingerprint density at radius 3 is 2.26 bits per heavy atom. The lowest BCUT2D eigenvalue weighted by Gasteiger charge is -2.06. The van der Waals surface area contributed by atoms with Gasteiger partial charge in [-0.25, -0.2) is 0 Å². The van der Waals surface area contributed by atoms with E-state index < -0.39 is 5.97 Å². The van der Waals surface area contributed by atoms with Crippen molar-refractivity contribution >= 4 is 11.9 Å². The molecule has 128 valence electrons. The van der Waals surface area contributed by atoms with Gasteiger partial charge in [0.2, 0.25) is 0 Å². The van der Waals surface area contributed by atoms with Gasteiger partial charge < -0.3 is 15.2 Å². The van der Waals surface area contributed by atoms with E-state index in [0.29, 0.717) is 13.0 Å². The Balaban J connectivity index is 1.87. The van der Waals surface area contributed by atoms with Gasteiger partial charge in [-0.05, 0) is 44.3 Å². The topological polar surface area (TPSA) is 75.6 Å².